The minimum Gasteiger partial charge on any atom is -0.361 e. The van der Waals surface area contributed by atoms with Crippen LogP contribution in [0.25, 0.3) is 5.53 Å². The summed E-state index contributed by atoms with van der Waals surface area (Å²) >= 11 is 0. The van der Waals surface area contributed by atoms with Gasteiger partial charge < -0.3 is 5.53 Å². The van der Waals surface area contributed by atoms with Crippen LogP contribution in [0.4, 0.5) is 0 Å². The van der Waals surface area contributed by atoms with Crippen LogP contribution in [-0.4, -0.2) is 16.3 Å². The molecule has 3 atom stereocenters. The third kappa shape index (κ3) is 0.268. The summed E-state index contributed by atoms with van der Waals surface area (Å²) in [5.41, 5.74) is 9.22. The van der Waals surface area contributed by atoms with Gasteiger partial charge in [-0.05, 0) is 18.3 Å². The molecule has 3 nitrogen and oxygen atoms in total. The number of hydrogen-bond donors (Lipinski definition) is 0. The Hall–Kier alpha value is -0.950. The van der Waals surface area contributed by atoms with Gasteiger partial charge >= 0.3 is 5.71 Å². The third-order valence-electron chi connectivity index (χ3n) is 3.24. The molecule has 3 fully saturated rings. The smallest absolute Gasteiger partial charge is 0.338 e. The fourth-order valence-corrected chi connectivity index (χ4v) is 2.44. The molecule has 1 spiro atoms. The third-order valence-corrected chi connectivity index (χ3v) is 3.24. The van der Waals surface area contributed by atoms with Gasteiger partial charge in [0.2, 0.25) is 5.78 Å². The number of Topliss-reactive ketones (excluding diaryl/α,β-unsaturated/α-hetero) is 1. The topological polar surface area (TPSA) is 53.5 Å². The summed E-state index contributed by atoms with van der Waals surface area (Å²) in [5, 5.41) is 0. The highest BCUT2D eigenvalue weighted by molar-refractivity contribution is 6.44. The average Bonchev–Trinajstić information content (AvgIpc) is 2.75. The standard InChI is InChI=1S/C7H6N2O/c8-9-5-3-1-7(3)2-4(7)6(5)10/h3-4H,1-2H2/t3-,4-,7?/m1/s1. The predicted octanol–water partition coefficient (Wildman–Crippen LogP) is 0.266. The minimum atomic E-state index is 0.110. The number of rotatable bonds is 0. The Balaban J connectivity index is 2.19. The molecule has 3 aliphatic carbocycles. The van der Waals surface area contributed by atoms with Crippen molar-refractivity contribution in [3.63, 3.8) is 0 Å². The van der Waals surface area contributed by atoms with Crippen molar-refractivity contribution in [3.8, 4) is 0 Å². The Labute approximate surface area is 57.7 Å². The van der Waals surface area contributed by atoms with Crippen LogP contribution in [0.1, 0.15) is 12.8 Å². The molecular weight excluding hydrogens is 128 g/mol. The maximum atomic E-state index is 11.1. The van der Waals surface area contributed by atoms with Crippen molar-refractivity contribution >= 4 is 11.5 Å². The lowest BCUT2D eigenvalue weighted by Gasteiger charge is -1.82. The van der Waals surface area contributed by atoms with E-state index in [1.165, 1.54) is 0 Å². The number of carbonyl (C=O) groups is 1. The van der Waals surface area contributed by atoms with Gasteiger partial charge in [-0.15, -0.1) is 0 Å². The van der Waals surface area contributed by atoms with Crippen molar-refractivity contribution in [3.05, 3.63) is 5.53 Å². The highest BCUT2D eigenvalue weighted by Gasteiger charge is 2.84. The van der Waals surface area contributed by atoms with E-state index in [-0.39, 0.29) is 11.7 Å². The number of nitrogens with zero attached hydrogens (tertiary/aromatic N) is 2. The molecule has 3 saturated carbocycles. The van der Waals surface area contributed by atoms with Gasteiger partial charge in [0.25, 0.3) is 0 Å². The highest BCUT2D eigenvalue weighted by Crippen LogP contribution is 2.79. The van der Waals surface area contributed by atoms with Crippen LogP contribution < -0.4 is 0 Å². The van der Waals surface area contributed by atoms with E-state index in [1.54, 1.807) is 0 Å². The Morgan fingerprint density at radius 3 is 2.60 bits per heavy atom. The first-order valence-electron chi connectivity index (χ1n) is 3.56. The molecule has 0 aromatic rings. The molecule has 0 heterocycles. The molecule has 0 saturated heterocycles. The van der Waals surface area contributed by atoms with Crippen molar-refractivity contribution in [2.24, 2.45) is 17.3 Å². The number of carbonyl (C=O) groups excluding carboxylic acids is 1. The predicted molar refractivity (Wildman–Crippen MR) is 32.3 cm³/mol. The summed E-state index contributed by atoms with van der Waals surface area (Å²) in [6, 6.07) is 0. The molecule has 0 bridgehead atoms. The Morgan fingerprint density at radius 2 is 2.20 bits per heavy atom. The zero-order valence-electron chi connectivity index (χ0n) is 5.37. The molecule has 1 unspecified atom stereocenters. The first-order chi connectivity index (χ1) is 4.79. The van der Waals surface area contributed by atoms with Crippen LogP contribution in [0.5, 0.6) is 0 Å². The van der Waals surface area contributed by atoms with Gasteiger partial charge in [0, 0.05) is 5.92 Å². The van der Waals surface area contributed by atoms with Crippen molar-refractivity contribution < 1.29 is 9.58 Å². The molecule has 3 aliphatic rings. The van der Waals surface area contributed by atoms with Gasteiger partial charge in [0.05, 0.1) is 5.92 Å². The van der Waals surface area contributed by atoms with Crippen LogP contribution in [0.15, 0.2) is 0 Å². The first kappa shape index (κ1) is 4.80. The Kier molecular flexibility index (Phi) is 0.478. The second-order valence-electron chi connectivity index (χ2n) is 3.60. The lowest BCUT2D eigenvalue weighted by molar-refractivity contribution is -0.118. The number of hydrogen-bond acceptors (Lipinski definition) is 1. The van der Waals surface area contributed by atoms with Crippen LogP contribution in [-0.2, 0) is 4.79 Å². The summed E-state index contributed by atoms with van der Waals surface area (Å²) < 4.78 is 0. The maximum absolute atomic E-state index is 11.1. The quantitative estimate of drug-likeness (QED) is 0.346. The summed E-state index contributed by atoms with van der Waals surface area (Å²) in [5.74, 6) is 0.706. The molecular formula is C7H6N2O. The number of ketones is 1. The Bertz CT molecular complexity index is 303. The van der Waals surface area contributed by atoms with Gasteiger partial charge in [0.1, 0.15) is 0 Å². The summed E-state index contributed by atoms with van der Waals surface area (Å²) in [6.45, 7) is 0. The normalized spacial score (nSPS) is 53.6. The second-order valence-corrected chi connectivity index (χ2v) is 3.60. The van der Waals surface area contributed by atoms with Crippen molar-refractivity contribution in [2.45, 2.75) is 12.8 Å². The summed E-state index contributed by atoms with van der Waals surface area (Å²) in [6.07, 6.45) is 2.16. The fraction of sp³-hybridized carbons (Fsp3) is 0.714. The van der Waals surface area contributed by atoms with E-state index in [0.717, 1.165) is 12.8 Å². The van der Waals surface area contributed by atoms with E-state index in [1.807, 2.05) is 0 Å². The molecule has 0 radical (unpaired) electrons. The second kappa shape index (κ2) is 0.995. The molecule has 10 heavy (non-hydrogen) atoms. The molecule has 0 amide bonds. The van der Waals surface area contributed by atoms with Gasteiger partial charge in [-0.3, -0.25) is 4.79 Å². The van der Waals surface area contributed by atoms with Gasteiger partial charge in [-0.25, -0.2) is 0 Å². The van der Waals surface area contributed by atoms with Gasteiger partial charge in [0.15, 0.2) is 0 Å². The van der Waals surface area contributed by atoms with E-state index in [0.29, 0.717) is 17.0 Å². The van der Waals surface area contributed by atoms with E-state index in [9.17, 15) is 4.79 Å². The fourth-order valence-electron chi connectivity index (χ4n) is 2.44. The molecule has 3 rings (SSSR count). The average molecular weight is 134 g/mol. The molecule has 0 N–H and O–H groups in total. The largest absolute Gasteiger partial charge is 0.361 e. The lowest BCUT2D eigenvalue weighted by atomic mass is 10.1. The van der Waals surface area contributed by atoms with Crippen molar-refractivity contribution in [1.82, 2.24) is 0 Å². The van der Waals surface area contributed by atoms with Crippen molar-refractivity contribution in [2.75, 3.05) is 0 Å². The van der Waals surface area contributed by atoms with Gasteiger partial charge in [-0.2, -0.15) is 4.79 Å². The molecule has 50 valence electrons. The van der Waals surface area contributed by atoms with Crippen LogP contribution in [0, 0.1) is 17.3 Å². The summed E-state index contributed by atoms with van der Waals surface area (Å²) in [4.78, 5) is 14.2. The van der Waals surface area contributed by atoms with E-state index < -0.39 is 0 Å². The van der Waals surface area contributed by atoms with E-state index in [2.05, 4.69) is 4.79 Å². The monoisotopic (exact) mass is 134 g/mol. The molecule has 0 aromatic carbocycles. The maximum Gasteiger partial charge on any atom is 0.338 e. The van der Waals surface area contributed by atoms with Gasteiger partial charge in [-0.1, -0.05) is 0 Å². The SMILES string of the molecule is [N-]=[N+]=C1C(=O)[C@H]2CC23C[C@H]13. The van der Waals surface area contributed by atoms with Crippen LogP contribution in [0.2, 0.25) is 0 Å². The van der Waals surface area contributed by atoms with Crippen LogP contribution in [0.3, 0.4) is 0 Å². The van der Waals surface area contributed by atoms with Crippen LogP contribution >= 0.6 is 0 Å². The van der Waals surface area contributed by atoms with E-state index in [4.69, 9.17) is 5.53 Å². The zero-order chi connectivity index (χ0) is 6.93. The Morgan fingerprint density at radius 1 is 1.50 bits per heavy atom. The molecule has 3 heteroatoms. The zero-order valence-corrected chi connectivity index (χ0v) is 5.37. The molecule has 0 aliphatic heterocycles. The molecule has 0 aromatic heterocycles. The first-order valence-corrected chi connectivity index (χ1v) is 3.56. The summed E-state index contributed by atoms with van der Waals surface area (Å²) in [7, 11) is 0. The highest BCUT2D eigenvalue weighted by atomic mass is 16.1. The van der Waals surface area contributed by atoms with E-state index >= 15 is 0 Å². The lowest BCUT2D eigenvalue weighted by Crippen LogP contribution is -2.14. The minimum absolute atomic E-state index is 0.110. The van der Waals surface area contributed by atoms with Crippen molar-refractivity contribution in [1.29, 1.82) is 0 Å².